The highest BCUT2D eigenvalue weighted by atomic mass is 35.5. The molecule has 0 aliphatic heterocycles. The Labute approximate surface area is 126 Å². The molecule has 0 fully saturated rings. The number of hydrogen-bond acceptors (Lipinski definition) is 3. The number of halogens is 1. The van der Waals surface area contributed by atoms with E-state index >= 15 is 0 Å². The second kappa shape index (κ2) is 5.57. The van der Waals surface area contributed by atoms with Gasteiger partial charge in [0.1, 0.15) is 18.3 Å². The minimum atomic E-state index is -0.134. The highest BCUT2D eigenvalue weighted by molar-refractivity contribution is 6.35. The van der Waals surface area contributed by atoms with E-state index in [1.807, 2.05) is 35.9 Å². The molecule has 0 bridgehead atoms. The van der Waals surface area contributed by atoms with Crippen LogP contribution >= 0.6 is 11.6 Å². The van der Waals surface area contributed by atoms with Crippen LogP contribution in [0.15, 0.2) is 36.9 Å². The van der Waals surface area contributed by atoms with Gasteiger partial charge in [0.2, 0.25) is 0 Å². The van der Waals surface area contributed by atoms with Crippen LogP contribution in [0, 0.1) is 0 Å². The zero-order valence-corrected chi connectivity index (χ0v) is 12.2. The second-order valence-electron chi connectivity index (χ2n) is 4.68. The van der Waals surface area contributed by atoms with Gasteiger partial charge in [0.25, 0.3) is 5.91 Å². The molecular formula is C14H14ClN5O. The number of nitrogens with zero attached hydrogens (tertiary/aromatic N) is 4. The van der Waals surface area contributed by atoms with Gasteiger partial charge in [0, 0.05) is 29.5 Å². The molecule has 1 aromatic carbocycles. The van der Waals surface area contributed by atoms with Gasteiger partial charge in [-0.05, 0) is 18.2 Å². The van der Waals surface area contributed by atoms with Crippen molar-refractivity contribution in [3.63, 3.8) is 0 Å². The minimum absolute atomic E-state index is 0.134. The molecule has 0 spiro atoms. The predicted octanol–water partition coefficient (Wildman–Crippen LogP) is 1.85. The molecule has 2 aromatic heterocycles. The molecule has 108 valence electrons. The SMILES string of the molecule is Cn1c(C(=O)NCCn2cncn2)cc2c(Cl)cccc21. The molecule has 7 heteroatoms. The Balaban J connectivity index is 1.75. The van der Waals surface area contributed by atoms with Crippen molar-refractivity contribution in [2.45, 2.75) is 6.54 Å². The van der Waals surface area contributed by atoms with Crippen LogP contribution in [-0.4, -0.2) is 31.8 Å². The first-order chi connectivity index (χ1) is 10.2. The van der Waals surface area contributed by atoms with Crippen molar-refractivity contribution in [2.75, 3.05) is 6.54 Å². The fourth-order valence-electron chi connectivity index (χ4n) is 2.26. The van der Waals surface area contributed by atoms with E-state index < -0.39 is 0 Å². The molecule has 3 aromatic rings. The number of carbonyl (C=O) groups is 1. The Morgan fingerprint density at radius 1 is 1.43 bits per heavy atom. The average molecular weight is 304 g/mol. The normalized spacial score (nSPS) is 11.0. The van der Waals surface area contributed by atoms with E-state index in [4.69, 9.17) is 11.6 Å². The molecule has 0 unspecified atom stereocenters. The molecule has 1 N–H and O–H groups in total. The van der Waals surface area contributed by atoms with E-state index in [1.54, 1.807) is 11.0 Å². The summed E-state index contributed by atoms with van der Waals surface area (Å²) in [5.41, 5.74) is 1.51. The van der Waals surface area contributed by atoms with Crippen molar-refractivity contribution in [1.82, 2.24) is 24.6 Å². The minimum Gasteiger partial charge on any atom is -0.349 e. The Bertz CT molecular complexity index is 778. The summed E-state index contributed by atoms with van der Waals surface area (Å²) < 4.78 is 3.50. The number of aryl methyl sites for hydroxylation is 1. The molecule has 3 rings (SSSR count). The van der Waals surface area contributed by atoms with Crippen molar-refractivity contribution in [3.05, 3.63) is 47.6 Å². The third-order valence-corrected chi connectivity index (χ3v) is 3.69. The van der Waals surface area contributed by atoms with Gasteiger partial charge in [-0.1, -0.05) is 17.7 Å². The fraction of sp³-hybridized carbons (Fsp3) is 0.214. The molecule has 1 amide bonds. The average Bonchev–Trinajstić information content (AvgIpc) is 3.08. The van der Waals surface area contributed by atoms with E-state index in [0.717, 1.165) is 10.9 Å². The second-order valence-corrected chi connectivity index (χ2v) is 5.08. The highest BCUT2D eigenvalue weighted by Crippen LogP contribution is 2.26. The summed E-state index contributed by atoms with van der Waals surface area (Å²) in [7, 11) is 1.85. The summed E-state index contributed by atoms with van der Waals surface area (Å²) in [4.78, 5) is 16.1. The first-order valence-corrected chi connectivity index (χ1v) is 6.89. The van der Waals surface area contributed by atoms with Crippen molar-refractivity contribution in [3.8, 4) is 0 Å². The number of aromatic nitrogens is 4. The van der Waals surface area contributed by atoms with Crippen molar-refractivity contribution in [2.24, 2.45) is 7.05 Å². The van der Waals surface area contributed by atoms with Crippen LogP contribution in [0.1, 0.15) is 10.5 Å². The van der Waals surface area contributed by atoms with Crippen LogP contribution in [0.5, 0.6) is 0 Å². The number of benzene rings is 1. The largest absolute Gasteiger partial charge is 0.349 e. The van der Waals surface area contributed by atoms with E-state index in [1.165, 1.54) is 6.33 Å². The van der Waals surface area contributed by atoms with Crippen LogP contribution in [0.4, 0.5) is 0 Å². The summed E-state index contributed by atoms with van der Waals surface area (Å²) in [6, 6.07) is 7.43. The molecule has 21 heavy (non-hydrogen) atoms. The third-order valence-electron chi connectivity index (χ3n) is 3.36. The van der Waals surface area contributed by atoms with E-state index in [9.17, 15) is 4.79 Å². The number of nitrogens with one attached hydrogen (secondary N) is 1. The van der Waals surface area contributed by atoms with Gasteiger partial charge in [-0.25, -0.2) is 4.98 Å². The lowest BCUT2D eigenvalue weighted by molar-refractivity contribution is 0.0944. The maximum Gasteiger partial charge on any atom is 0.267 e. The number of fused-ring (bicyclic) bond motifs is 1. The third kappa shape index (κ3) is 2.62. The Morgan fingerprint density at radius 2 is 2.29 bits per heavy atom. The monoisotopic (exact) mass is 303 g/mol. The van der Waals surface area contributed by atoms with Crippen LogP contribution < -0.4 is 5.32 Å². The topological polar surface area (TPSA) is 64.7 Å². The maximum absolute atomic E-state index is 12.3. The Kier molecular flexibility index (Phi) is 3.62. The molecule has 0 saturated carbocycles. The van der Waals surface area contributed by atoms with Gasteiger partial charge < -0.3 is 9.88 Å². The van der Waals surface area contributed by atoms with Crippen LogP contribution in [0.3, 0.4) is 0 Å². The van der Waals surface area contributed by atoms with Gasteiger partial charge in [0.15, 0.2) is 0 Å². The van der Waals surface area contributed by atoms with Crippen LogP contribution in [-0.2, 0) is 13.6 Å². The molecule has 0 aliphatic carbocycles. The van der Waals surface area contributed by atoms with Crippen LogP contribution in [0.2, 0.25) is 5.02 Å². The molecule has 0 saturated heterocycles. The van der Waals surface area contributed by atoms with Gasteiger partial charge in [-0.3, -0.25) is 9.48 Å². The summed E-state index contributed by atoms with van der Waals surface area (Å²) in [5, 5.41) is 8.37. The summed E-state index contributed by atoms with van der Waals surface area (Å²) in [6.07, 6.45) is 3.08. The summed E-state index contributed by atoms with van der Waals surface area (Å²) in [6.45, 7) is 1.06. The smallest absolute Gasteiger partial charge is 0.267 e. The van der Waals surface area contributed by atoms with Crippen LogP contribution in [0.25, 0.3) is 10.9 Å². The first-order valence-electron chi connectivity index (χ1n) is 6.51. The van der Waals surface area contributed by atoms with E-state index in [2.05, 4.69) is 15.4 Å². The molecule has 2 heterocycles. The van der Waals surface area contributed by atoms with Gasteiger partial charge in [-0.15, -0.1) is 0 Å². The van der Waals surface area contributed by atoms with E-state index in [0.29, 0.717) is 23.8 Å². The standard InChI is InChI=1S/C14H14ClN5O/c1-19-12-4-2-3-11(15)10(12)7-13(19)14(21)17-5-6-20-9-16-8-18-20/h2-4,7-9H,5-6H2,1H3,(H,17,21). The zero-order chi connectivity index (χ0) is 14.8. The first kappa shape index (κ1) is 13.6. The predicted molar refractivity (Wildman–Crippen MR) is 80.3 cm³/mol. The van der Waals surface area contributed by atoms with Gasteiger partial charge in [0.05, 0.1) is 6.54 Å². The fourth-order valence-corrected chi connectivity index (χ4v) is 2.49. The molecule has 0 atom stereocenters. The molecular weight excluding hydrogens is 290 g/mol. The Morgan fingerprint density at radius 3 is 3.00 bits per heavy atom. The zero-order valence-electron chi connectivity index (χ0n) is 11.5. The lowest BCUT2D eigenvalue weighted by Gasteiger charge is -2.06. The van der Waals surface area contributed by atoms with Gasteiger partial charge >= 0.3 is 0 Å². The maximum atomic E-state index is 12.3. The number of rotatable bonds is 4. The Hall–Kier alpha value is -2.34. The molecule has 6 nitrogen and oxygen atoms in total. The molecule has 0 radical (unpaired) electrons. The lowest BCUT2D eigenvalue weighted by atomic mass is 10.2. The quantitative estimate of drug-likeness (QED) is 0.800. The van der Waals surface area contributed by atoms with Gasteiger partial charge in [-0.2, -0.15) is 5.10 Å². The van der Waals surface area contributed by atoms with E-state index in [-0.39, 0.29) is 5.91 Å². The number of carbonyl (C=O) groups excluding carboxylic acids is 1. The summed E-state index contributed by atoms with van der Waals surface area (Å²) >= 11 is 6.16. The summed E-state index contributed by atoms with van der Waals surface area (Å²) in [5.74, 6) is -0.134. The number of amides is 1. The van der Waals surface area contributed by atoms with Crippen molar-refractivity contribution < 1.29 is 4.79 Å². The lowest BCUT2D eigenvalue weighted by Crippen LogP contribution is -2.28. The van der Waals surface area contributed by atoms with Crippen molar-refractivity contribution >= 4 is 28.4 Å². The van der Waals surface area contributed by atoms with Crippen molar-refractivity contribution in [1.29, 1.82) is 0 Å². The number of hydrogen-bond donors (Lipinski definition) is 1. The highest BCUT2D eigenvalue weighted by Gasteiger charge is 2.14. The molecule has 0 aliphatic rings.